The minimum Gasteiger partial charge on any atom is -0.394 e. The Morgan fingerprint density at radius 2 is 2.17 bits per heavy atom. The first-order valence-corrected chi connectivity index (χ1v) is 4.18. The molecule has 0 aliphatic carbocycles. The van der Waals surface area contributed by atoms with Crippen LogP contribution in [0.4, 0.5) is 0 Å². The van der Waals surface area contributed by atoms with Crippen molar-refractivity contribution < 1.29 is 14.9 Å². The Balaban J connectivity index is 2.65. The lowest BCUT2D eigenvalue weighted by atomic mass is 9.89. The van der Waals surface area contributed by atoms with Gasteiger partial charge in [-0.3, -0.25) is 0 Å². The Morgan fingerprint density at radius 3 is 2.67 bits per heavy atom. The summed E-state index contributed by atoms with van der Waals surface area (Å²) in [6, 6.07) is -0.469. The summed E-state index contributed by atoms with van der Waals surface area (Å²) in [5, 5.41) is 18.4. The number of hydrogen-bond acceptors (Lipinski definition) is 4. The van der Waals surface area contributed by atoms with Gasteiger partial charge in [0.25, 0.3) is 0 Å². The number of hydrogen-bond donors (Lipinski definition) is 3. The molecule has 1 saturated heterocycles. The summed E-state index contributed by atoms with van der Waals surface area (Å²) in [6.07, 6.45) is -0.500. The highest BCUT2D eigenvalue weighted by molar-refractivity contribution is 4.91. The summed E-state index contributed by atoms with van der Waals surface area (Å²) >= 11 is 0. The van der Waals surface area contributed by atoms with Crippen molar-refractivity contribution in [1.82, 2.24) is 0 Å². The molecular weight excluding hydrogens is 158 g/mol. The van der Waals surface area contributed by atoms with Gasteiger partial charge in [0.05, 0.1) is 30.5 Å². The van der Waals surface area contributed by atoms with Crippen molar-refractivity contribution in [3.63, 3.8) is 0 Å². The molecule has 0 amide bonds. The molecule has 0 saturated carbocycles. The molecule has 1 fully saturated rings. The van der Waals surface area contributed by atoms with E-state index in [9.17, 15) is 5.11 Å². The van der Waals surface area contributed by atoms with Crippen LogP contribution in [0.15, 0.2) is 0 Å². The van der Waals surface area contributed by atoms with Gasteiger partial charge in [0, 0.05) is 6.42 Å². The third-order valence-electron chi connectivity index (χ3n) is 2.22. The zero-order valence-corrected chi connectivity index (χ0v) is 7.53. The van der Waals surface area contributed by atoms with E-state index >= 15 is 0 Å². The molecule has 1 aliphatic heterocycles. The van der Waals surface area contributed by atoms with Crippen LogP contribution < -0.4 is 5.73 Å². The van der Waals surface area contributed by atoms with Crippen LogP contribution in [0, 0.1) is 0 Å². The normalized spacial score (nSPS) is 41.2. The second kappa shape index (κ2) is 3.30. The highest BCUT2D eigenvalue weighted by atomic mass is 16.5. The first-order valence-electron chi connectivity index (χ1n) is 4.18. The number of rotatable bonds is 1. The molecule has 0 spiro atoms. The maximum absolute atomic E-state index is 9.50. The third-order valence-corrected chi connectivity index (χ3v) is 2.22. The summed E-state index contributed by atoms with van der Waals surface area (Å²) in [7, 11) is 0. The van der Waals surface area contributed by atoms with E-state index in [0.717, 1.165) is 0 Å². The van der Waals surface area contributed by atoms with Crippen LogP contribution >= 0.6 is 0 Å². The number of nitrogens with two attached hydrogens (primary N) is 1. The summed E-state index contributed by atoms with van der Waals surface area (Å²) in [4.78, 5) is 0. The van der Waals surface area contributed by atoms with Crippen LogP contribution in [-0.4, -0.2) is 40.7 Å². The Labute approximate surface area is 72.3 Å². The second-order valence-electron chi connectivity index (χ2n) is 3.95. The molecule has 0 bridgehead atoms. The molecule has 0 radical (unpaired) electrons. The fourth-order valence-electron chi connectivity index (χ4n) is 1.58. The molecule has 4 N–H and O–H groups in total. The summed E-state index contributed by atoms with van der Waals surface area (Å²) in [5.74, 6) is 0. The largest absolute Gasteiger partial charge is 0.394 e. The highest BCUT2D eigenvalue weighted by Crippen LogP contribution is 2.27. The number of ether oxygens (including phenoxy) is 1. The molecule has 72 valence electrons. The molecule has 1 aliphatic rings. The predicted molar refractivity (Wildman–Crippen MR) is 44.6 cm³/mol. The van der Waals surface area contributed by atoms with Crippen molar-refractivity contribution in [3.8, 4) is 0 Å². The van der Waals surface area contributed by atoms with Gasteiger partial charge in [0.15, 0.2) is 0 Å². The number of aliphatic hydroxyl groups excluding tert-OH is 2. The van der Waals surface area contributed by atoms with Gasteiger partial charge in [-0.05, 0) is 13.8 Å². The van der Waals surface area contributed by atoms with E-state index in [2.05, 4.69) is 0 Å². The first-order chi connectivity index (χ1) is 5.46. The highest BCUT2D eigenvalue weighted by Gasteiger charge is 2.39. The molecule has 0 aromatic carbocycles. The van der Waals surface area contributed by atoms with Crippen molar-refractivity contribution in [2.24, 2.45) is 5.73 Å². The maximum Gasteiger partial charge on any atom is 0.0988 e. The molecule has 0 aromatic heterocycles. The van der Waals surface area contributed by atoms with Crippen molar-refractivity contribution >= 4 is 0 Å². The Morgan fingerprint density at radius 1 is 1.58 bits per heavy atom. The standard InChI is InChI=1S/C8H17NO3/c1-8(2)3-5(11)7(9)6(4-10)12-8/h5-7,10-11H,3-4,9H2,1-2H3/t5-,6-,7-/m1/s1. The van der Waals surface area contributed by atoms with Gasteiger partial charge in [-0.1, -0.05) is 0 Å². The summed E-state index contributed by atoms with van der Waals surface area (Å²) in [5.41, 5.74) is 5.23. The monoisotopic (exact) mass is 175 g/mol. The van der Waals surface area contributed by atoms with Crippen LogP contribution in [0.25, 0.3) is 0 Å². The summed E-state index contributed by atoms with van der Waals surface area (Å²) < 4.78 is 5.47. The van der Waals surface area contributed by atoms with Gasteiger partial charge in [0.2, 0.25) is 0 Å². The first kappa shape index (κ1) is 9.92. The van der Waals surface area contributed by atoms with E-state index in [0.29, 0.717) is 6.42 Å². The zero-order valence-electron chi connectivity index (χ0n) is 7.53. The minimum atomic E-state index is -0.578. The van der Waals surface area contributed by atoms with E-state index < -0.39 is 18.2 Å². The molecule has 3 atom stereocenters. The van der Waals surface area contributed by atoms with Gasteiger partial charge in [-0.2, -0.15) is 0 Å². The third kappa shape index (κ3) is 1.95. The average Bonchev–Trinajstić information content (AvgIpc) is 1.96. The van der Waals surface area contributed by atoms with E-state index in [-0.39, 0.29) is 12.2 Å². The van der Waals surface area contributed by atoms with E-state index in [4.69, 9.17) is 15.6 Å². The van der Waals surface area contributed by atoms with Crippen LogP contribution in [0.5, 0.6) is 0 Å². The Hall–Kier alpha value is -0.160. The molecule has 1 heterocycles. The molecule has 12 heavy (non-hydrogen) atoms. The van der Waals surface area contributed by atoms with Gasteiger partial charge in [0.1, 0.15) is 0 Å². The topological polar surface area (TPSA) is 75.7 Å². The number of aliphatic hydroxyl groups is 2. The van der Waals surface area contributed by atoms with Crippen LogP contribution in [-0.2, 0) is 4.74 Å². The van der Waals surface area contributed by atoms with Crippen LogP contribution in [0.1, 0.15) is 20.3 Å². The van der Waals surface area contributed by atoms with Gasteiger partial charge in [-0.25, -0.2) is 0 Å². The van der Waals surface area contributed by atoms with Gasteiger partial charge < -0.3 is 20.7 Å². The zero-order chi connectivity index (χ0) is 9.35. The molecule has 4 heteroatoms. The van der Waals surface area contributed by atoms with Crippen molar-refractivity contribution in [2.75, 3.05) is 6.61 Å². The molecular formula is C8H17NO3. The van der Waals surface area contributed by atoms with Gasteiger partial charge in [-0.15, -0.1) is 0 Å². The molecule has 0 unspecified atom stereocenters. The average molecular weight is 175 g/mol. The van der Waals surface area contributed by atoms with E-state index in [1.807, 2.05) is 13.8 Å². The van der Waals surface area contributed by atoms with Crippen molar-refractivity contribution in [3.05, 3.63) is 0 Å². The molecule has 4 nitrogen and oxygen atoms in total. The van der Waals surface area contributed by atoms with Crippen LogP contribution in [0.3, 0.4) is 0 Å². The van der Waals surface area contributed by atoms with Crippen molar-refractivity contribution in [2.45, 2.75) is 44.1 Å². The lowest BCUT2D eigenvalue weighted by molar-refractivity contribution is -0.166. The summed E-state index contributed by atoms with van der Waals surface area (Å²) in [6.45, 7) is 3.62. The maximum atomic E-state index is 9.50. The lowest BCUT2D eigenvalue weighted by Gasteiger charge is -2.41. The Bertz CT molecular complexity index is 160. The minimum absolute atomic E-state index is 0.137. The fourth-order valence-corrected chi connectivity index (χ4v) is 1.58. The van der Waals surface area contributed by atoms with E-state index in [1.165, 1.54) is 0 Å². The van der Waals surface area contributed by atoms with Gasteiger partial charge >= 0.3 is 0 Å². The van der Waals surface area contributed by atoms with Crippen LogP contribution in [0.2, 0.25) is 0 Å². The smallest absolute Gasteiger partial charge is 0.0988 e. The molecule has 1 rings (SSSR count). The Kier molecular flexibility index (Phi) is 2.73. The lowest BCUT2D eigenvalue weighted by Crippen LogP contribution is -2.57. The quantitative estimate of drug-likeness (QED) is 0.489. The SMILES string of the molecule is CC1(C)C[C@@H](O)[C@@H](N)[C@@H](CO)O1. The molecule has 0 aromatic rings. The fraction of sp³-hybridized carbons (Fsp3) is 1.00. The predicted octanol–water partition coefficient (Wildman–Crippen LogP) is -0.766. The van der Waals surface area contributed by atoms with E-state index in [1.54, 1.807) is 0 Å². The van der Waals surface area contributed by atoms with Crippen molar-refractivity contribution in [1.29, 1.82) is 0 Å². The second-order valence-corrected chi connectivity index (χ2v) is 3.95.